The molecule has 1 amide bonds. The Morgan fingerprint density at radius 1 is 0.943 bits per heavy atom. The summed E-state index contributed by atoms with van der Waals surface area (Å²) in [5.41, 5.74) is 4.12. The molecule has 0 unspecified atom stereocenters. The predicted molar refractivity (Wildman–Crippen MR) is 133 cm³/mol. The van der Waals surface area contributed by atoms with Gasteiger partial charge < -0.3 is 4.90 Å². The summed E-state index contributed by atoms with van der Waals surface area (Å²) < 4.78 is 28.0. The van der Waals surface area contributed by atoms with Crippen LogP contribution < -0.4 is 4.90 Å². The number of carbonyl (C=O) groups excluding carboxylic acids is 1. The van der Waals surface area contributed by atoms with Crippen LogP contribution in [0.15, 0.2) is 77.9 Å². The van der Waals surface area contributed by atoms with Crippen LogP contribution in [0.25, 0.3) is 0 Å². The molecule has 0 spiro atoms. The van der Waals surface area contributed by atoms with E-state index in [0.29, 0.717) is 49.6 Å². The lowest BCUT2D eigenvalue weighted by Gasteiger charge is -2.36. The molecule has 5 nitrogen and oxygen atoms in total. The molecule has 2 aliphatic rings. The van der Waals surface area contributed by atoms with E-state index >= 15 is 0 Å². The molecule has 5 rings (SSSR count). The van der Waals surface area contributed by atoms with Crippen LogP contribution in [0.5, 0.6) is 0 Å². The number of halogens is 2. The van der Waals surface area contributed by atoms with Gasteiger partial charge >= 0.3 is 0 Å². The average Bonchev–Trinajstić information content (AvgIpc) is 3.31. The molecule has 35 heavy (non-hydrogen) atoms. The lowest BCUT2D eigenvalue weighted by molar-refractivity contribution is -0.134. The monoisotopic (exact) mass is 474 g/mol. The van der Waals surface area contributed by atoms with Crippen LogP contribution in [0, 0.1) is 18.6 Å². The van der Waals surface area contributed by atoms with Gasteiger partial charge in [-0.1, -0.05) is 48.5 Å². The van der Waals surface area contributed by atoms with E-state index in [9.17, 15) is 13.6 Å². The number of nitrogens with zero attached hydrogens (tertiary/aromatic N) is 4. The van der Waals surface area contributed by atoms with Gasteiger partial charge in [-0.2, -0.15) is 5.10 Å². The number of aryl methyl sites for hydroxylation is 1. The molecule has 0 radical (unpaired) electrons. The molecule has 180 valence electrons. The van der Waals surface area contributed by atoms with E-state index in [1.54, 1.807) is 23.2 Å². The summed E-state index contributed by atoms with van der Waals surface area (Å²) in [4.78, 5) is 17.6. The first kappa shape index (κ1) is 23.2. The lowest BCUT2D eigenvalue weighted by Crippen LogP contribution is -2.49. The summed E-state index contributed by atoms with van der Waals surface area (Å²) in [6.07, 6.45) is 0.529. The summed E-state index contributed by atoms with van der Waals surface area (Å²) >= 11 is 0. The zero-order valence-electron chi connectivity index (χ0n) is 19.7. The molecule has 2 aliphatic heterocycles. The summed E-state index contributed by atoms with van der Waals surface area (Å²) in [7, 11) is 0. The van der Waals surface area contributed by atoms with E-state index in [4.69, 9.17) is 0 Å². The van der Waals surface area contributed by atoms with Crippen LogP contribution >= 0.6 is 0 Å². The molecular formula is C28H28F2N4O. The Hall–Kier alpha value is -3.58. The van der Waals surface area contributed by atoms with Gasteiger partial charge in [0.1, 0.15) is 11.6 Å². The number of piperazine rings is 1. The van der Waals surface area contributed by atoms with Crippen LogP contribution in [0.2, 0.25) is 0 Å². The molecule has 1 fully saturated rings. The fraction of sp³-hybridized carbons (Fsp3) is 0.286. The van der Waals surface area contributed by atoms with E-state index in [1.807, 2.05) is 48.2 Å². The van der Waals surface area contributed by atoms with Gasteiger partial charge in [0.25, 0.3) is 5.91 Å². The number of para-hydroxylation sites is 1. The fourth-order valence-electron chi connectivity index (χ4n) is 4.90. The number of amides is 1. The van der Waals surface area contributed by atoms with Crippen LogP contribution in [0.3, 0.4) is 0 Å². The van der Waals surface area contributed by atoms with Crippen molar-refractivity contribution in [2.45, 2.75) is 19.4 Å². The Labute approximate surface area is 204 Å². The van der Waals surface area contributed by atoms with E-state index < -0.39 is 0 Å². The lowest BCUT2D eigenvalue weighted by atomic mass is 9.95. The Kier molecular flexibility index (Phi) is 6.59. The highest BCUT2D eigenvalue weighted by molar-refractivity contribution is 6.03. The maximum Gasteiger partial charge on any atom is 0.257 e. The van der Waals surface area contributed by atoms with Crippen LogP contribution in [0.4, 0.5) is 14.5 Å². The van der Waals surface area contributed by atoms with Gasteiger partial charge in [0.05, 0.1) is 24.0 Å². The molecule has 0 aromatic heterocycles. The van der Waals surface area contributed by atoms with Crippen molar-refractivity contribution >= 4 is 17.3 Å². The van der Waals surface area contributed by atoms with E-state index in [-0.39, 0.29) is 30.1 Å². The highest BCUT2D eigenvalue weighted by atomic mass is 19.1. The molecule has 0 N–H and O–H groups in total. The van der Waals surface area contributed by atoms with Crippen molar-refractivity contribution < 1.29 is 13.6 Å². The van der Waals surface area contributed by atoms with E-state index in [1.165, 1.54) is 18.2 Å². The number of rotatable bonds is 5. The normalized spacial score (nSPS) is 18.6. The molecule has 1 saturated heterocycles. The van der Waals surface area contributed by atoms with Crippen LogP contribution in [-0.2, 0) is 4.79 Å². The Balaban J connectivity index is 1.32. The van der Waals surface area contributed by atoms with Gasteiger partial charge in [0, 0.05) is 38.2 Å². The molecule has 1 atom stereocenters. The number of hydrogen-bond donors (Lipinski definition) is 0. The SMILES string of the molecule is Cc1ccccc1[C@H]1CC(c2cccc(F)c2)=NN1C(=O)CN1CCN(c2ccccc2F)CC1. The van der Waals surface area contributed by atoms with Crippen molar-refractivity contribution in [1.29, 1.82) is 0 Å². The number of hydrogen-bond acceptors (Lipinski definition) is 4. The first-order valence-electron chi connectivity index (χ1n) is 11.9. The van der Waals surface area contributed by atoms with Gasteiger partial charge in [-0.15, -0.1) is 0 Å². The number of benzene rings is 3. The second-order valence-corrected chi connectivity index (χ2v) is 9.09. The molecule has 2 heterocycles. The number of anilines is 1. The molecule has 0 saturated carbocycles. The second-order valence-electron chi connectivity index (χ2n) is 9.09. The summed E-state index contributed by atoms with van der Waals surface area (Å²) in [6.45, 7) is 4.86. The molecular weight excluding hydrogens is 446 g/mol. The second kappa shape index (κ2) is 9.96. The highest BCUT2D eigenvalue weighted by Crippen LogP contribution is 2.34. The third-order valence-electron chi connectivity index (χ3n) is 6.80. The van der Waals surface area contributed by atoms with Crippen molar-refractivity contribution in [2.24, 2.45) is 5.10 Å². The Morgan fingerprint density at radius 3 is 2.43 bits per heavy atom. The number of carbonyl (C=O) groups is 1. The van der Waals surface area contributed by atoms with Gasteiger partial charge in [-0.25, -0.2) is 13.8 Å². The molecule has 0 aliphatic carbocycles. The summed E-state index contributed by atoms with van der Waals surface area (Å²) in [5, 5.41) is 6.26. The predicted octanol–water partition coefficient (Wildman–Crippen LogP) is 4.77. The standard InChI is InChI=1S/C28H28F2N4O/c1-20-7-2-3-10-23(20)27-18-25(21-8-6-9-22(29)17-21)31-34(27)28(35)19-32-13-15-33(16-14-32)26-12-5-4-11-24(26)30/h2-12,17,27H,13-16,18-19H2,1H3/t27-/m1/s1. The molecule has 7 heteroatoms. The maximum absolute atomic E-state index is 14.2. The van der Waals surface area contributed by atoms with Crippen LogP contribution in [0.1, 0.15) is 29.2 Å². The minimum absolute atomic E-state index is 0.0935. The molecule has 3 aromatic rings. The Bertz CT molecular complexity index is 1250. The zero-order chi connectivity index (χ0) is 24.4. The Morgan fingerprint density at radius 2 is 1.69 bits per heavy atom. The molecule has 0 bridgehead atoms. The van der Waals surface area contributed by atoms with Gasteiger partial charge in [0.15, 0.2) is 0 Å². The minimum Gasteiger partial charge on any atom is -0.367 e. The quantitative estimate of drug-likeness (QED) is 0.535. The van der Waals surface area contributed by atoms with Crippen molar-refractivity contribution in [3.8, 4) is 0 Å². The van der Waals surface area contributed by atoms with Crippen molar-refractivity contribution in [3.05, 3.63) is 101 Å². The van der Waals surface area contributed by atoms with Gasteiger partial charge in [-0.3, -0.25) is 9.69 Å². The fourth-order valence-corrected chi connectivity index (χ4v) is 4.90. The molecule has 3 aromatic carbocycles. The van der Waals surface area contributed by atoms with Crippen molar-refractivity contribution in [1.82, 2.24) is 9.91 Å². The summed E-state index contributed by atoms with van der Waals surface area (Å²) in [5.74, 6) is -0.645. The smallest absolute Gasteiger partial charge is 0.257 e. The minimum atomic E-state index is -0.324. The third-order valence-corrected chi connectivity index (χ3v) is 6.80. The summed E-state index contributed by atoms with van der Waals surface area (Å²) in [6, 6.07) is 20.9. The van der Waals surface area contributed by atoms with Gasteiger partial charge in [-0.05, 0) is 42.3 Å². The van der Waals surface area contributed by atoms with Gasteiger partial charge in [0.2, 0.25) is 0 Å². The first-order chi connectivity index (χ1) is 17.0. The highest BCUT2D eigenvalue weighted by Gasteiger charge is 2.35. The topological polar surface area (TPSA) is 39.2 Å². The van der Waals surface area contributed by atoms with E-state index in [0.717, 1.165) is 11.1 Å². The number of hydrazone groups is 1. The van der Waals surface area contributed by atoms with Crippen molar-refractivity contribution in [2.75, 3.05) is 37.6 Å². The maximum atomic E-state index is 14.2. The van der Waals surface area contributed by atoms with Crippen LogP contribution in [-0.4, -0.2) is 54.3 Å². The van der Waals surface area contributed by atoms with E-state index in [2.05, 4.69) is 10.0 Å². The third kappa shape index (κ3) is 4.95. The average molecular weight is 475 g/mol. The first-order valence-corrected chi connectivity index (χ1v) is 11.9. The zero-order valence-corrected chi connectivity index (χ0v) is 19.7. The van der Waals surface area contributed by atoms with Crippen molar-refractivity contribution in [3.63, 3.8) is 0 Å². The largest absolute Gasteiger partial charge is 0.367 e.